The van der Waals surface area contributed by atoms with Gasteiger partial charge in [0.25, 0.3) is 5.91 Å². The standard InChI is InChI=1S/C19H19NO6S/c1-25-17-11-13(3-6-15(17)21)5-8-19(23)20-27(24)10-9-14-4-7-16(22)18(12-14)26-2/h3-12,21-22H,1-2H3,(H,20,23)/b8-5+,10-9+. The summed E-state index contributed by atoms with van der Waals surface area (Å²) >= 11 is -1.73. The van der Waals surface area contributed by atoms with Gasteiger partial charge in [-0.1, -0.05) is 12.1 Å². The summed E-state index contributed by atoms with van der Waals surface area (Å²) in [5.74, 6) is 0.0252. The van der Waals surface area contributed by atoms with Gasteiger partial charge in [0.1, 0.15) is 16.8 Å². The summed E-state index contributed by atoms with van der Waals surface area (Å²) in [6.07, 6.45) is 4.26. The summed E-state index contributed by atoms with van der Waals surface area (Å²) in [5, 5.41) is 20.4. The lowest BCUT2D eigenvalue weighted by Crippen LogP contribution is -2.26. The first-order valence-corrected chi connectivity index (χ1v) is 8.95. The summed E-state index contributed by atoms with van der Waals surface area (Å²) in [5.41, 5.74) is 1.29. The van der Waals surface area contributed by atoms with E-state index in [4.69, 9.17) is 9.47 Å². The largest absolute Gasteiger partial charge is 0.588 e. The van der Waals surface area contributed by atoms with E-state index in [2.05, 4.69) is 4.72 Å². The Morgan fingerprint density at radius 1 is 1.00 bits per heavy atom. The van der Waals surface area contributed by atoms with Gasteiger partial charge in [0.05, 0.1) is 14.2 Å². The van der Waals surface area contributed by atoms with Gasteiger partial charge in [0, 0.05) is 6.08 Å². The van der Waals surface area contributed by atoms with Crippen LogP contribution in [0.4, 0.5) is 0 Å². The molecule has 0 bridgehead atoms. The lowest BCUT2D eigenvalue weighted by Gasteiger charge is -2.06. The van der Waals surface area contributed by atoms with Crippen LogP contribution < -0.4 is 14.2 Å². The van der Waals surface area contributed by atoms with E-state index in [9.17, 15) is 19.6 Å². The molecule has 2 aromatic rings. The summed E-state index contributed by atoms with van der Waals surface area (Å²) in [4.78, 5) is 11.8. The minimum atomic E-state index is -1.73. The van der Waals surface area contributed by atoms with Gasteiger partial charge in [-0.05, 0) is 47.5 Å². The van der Waals surface area contributed by atoms with Crippen LogP contribution >= 0.6 is 0 Å². The fourth-order valence-electron chi connectivity index (χ4n) is 2.08. The Hall–Kier alpha value is -3.10. The van der Waals surface area contributed by atoms with E-state index in [1.165, 1.54) is 50.0 Å². The van der Waals surface area contributed by atoms with Gasteiger partial charge >= 0.3 is 0 Å². The first kappa shape index (κ1) is 20.2. The maximum Gasteiger partial charge on any atom is 0.285 e. The molecule has 0 heterocycles. The molecule has 3 N–H and O–H groups in total. The summed E-state index contributed by atoms with van der Waals surface area (Å²) in [6.45, 7) is 0. The molecule has 0 spiro atoms. The van der Waals surface area contributed by atoms with Gasteiger partial charge in [0.2, 0.25) is 0 Å². The van der Waals surface area contributed by atoms with Crippen LogP contribution in [0.1, 0.15) is 11.1 Å². The Morgan fingerprint density at radius 2 is 1.52 bits per heavy atom. The number of aromatic hydroxyl groups is 2. The molecule has 1 amide bonds. The Morgan fingerprint density at radius 3 is 2.04 bits per heavy atom. The van der Waals surface area contributed by atoms with Crippen molar-refractivity contribution in [3.63, 3.8) is 0 Å². The zero-order chi connectivity index (χ0) is 19.8. The maximum atomic E-state index is 11.9. The van der Waals surface area contributed by atoms with Gasteiger partial charge in [-0.25, -0.2) is 0 Å². The Bertz CT molecular complexity index is 865. The van der Waals surface area contributed by atoms with Crippen molar-refractivity contribution in [1.82, 2.24) is 4.72 Å². The lowest BCUT2D eigenvalue weighted by molar-refractivity contribution is -0.114. The van der Waals surface area contributed by atoms with Crippen LogP contribution in [-0.4, -0.2) is 34.9 Å². The van der Waals surface area contributed by atoms with E-state index in [-0.39, 0.29) is 17.2 Å². The highest BCUT2D eigenvalue weighted by Gasteiger charge is 2.07. The van der Waals surface area contributed by atoms with Crippen LogP contribution in [0.2, 0.25) is 0 Å². The number of methoxy groups -OCH3 is 2. The topological polar surface area (TPSA) is 111 Å². The monoisotopic (exact) mass is 389 g/mol. The van der Waals surface area contributed by atoms with Gasteiger partial charge in [0.15, 0.2) is 23.0 Å². The normalized spacial score (nSPS) is 12.3. The van der Waals surface area contributed by atoms with Crippen molar-refractivity contribution in [1.29, 1.82) is 0 Å². The molecule has 7 nitrogen and oxygen atoms in total. The van der Waals surface area contributed by atoms with Gasteiger partial charge in [-0.15, -0.1) is 0 Å². The Balaban J connectivity index is 1.95. The van der Waals surface area contributed by atoms with Crippen molar-refractivity contribution in [2.45, 2.75) is 0 Å². The molecule has 0 aliphatic rings. The summed E-state index contributed by atoms with van der Waals surface area (Å²) in [7, 11) is 2.85. The third-order valence-corrected chi connectivity index (χ3v) is 4.21. The third-order valence-electron chi connectivity index (χ3n) is 3.42. The molecule has 0 fully saturated rings. The highest BCUT2D eigenvalue weighted by atomic mass is 32.2. The fraction of sp³-hybridized carbons (Fsp3) is 0.105. The van der Waals surface area contributed by atoms with Crippen LogP contribution in [0.25, 0.3) is 12.2 Å². The first-order chi connectivity index (χ1) is 12.9. The average molecular weight is 389 g/mol. The molecule has 142 valence electrons. The van der Waals surface area contributed by atoms with Crippen LogP contribution in [-0.2, 0) is 16.2 Å². The number of rotatable bonds is 7. The van der Waals surface area contributed by atoms with Crippen molar-refractivity contribution in [3.8, 4) is 23.0 Å². The highest BCUT2D eigenvalue weighted by molar-refractivity contribution is 7.93. The molecule has 27 heavy (non-hydrogen) atoms. The quantitative estimate of drug-likeness (QED) is 0.496. The van der Waals surface area contributed by atoms with Crippen LogP contribution in [0.5, 0.6) is 23.0 Å². The number of phenols is 2. The molecular formula is C19H19NO6S. The molecular weight excluding hydrogens is 370 g/mol. The zero-order valence-corrected chi connectivity index (χ0v) is 15.5. The number of phenolic OH excluding ortho intramolecular Hbond substituents is 2. The molecule has 1 atom stereocenters. The highest BCUT2D eigenvalue weighted by Crippen LogP contribution is 2.27. The Kier molecular flexibility index (Phi) is 7.16. The number of ether oxygens (including phenoxy) is 2. The van der Waals surface area contributed by atoms with E-state index in [0.29, 0.717) is 16.9 Å². The molecule has 8 heteroatoms. The Labute approximate surface area is 159 Å². The number of hydrogen-bond acceptors (Lipinski definition) is 6. The smallest absolute Gasteiger partial charge is 0.285 e. The number of carbonyl (C=O) groups is 1. The predicted octanol–water partition coefficient (Wildman–Crippen LogP) is 2.58. The maximum absolute atomic E-state index is 11.9. The molecule has 0 radical (unpaired) electrons. The molecule has 0 aliphatic carbocycles. The van der Waals surface area contributed by atoms with E-state index in [0.717, 1.165) is 0 Å². The van der Waals surface area contributed by atoms with Crippen molar-refractivity contribution < 1.29 is 29.0 Å². The van der Waals surface area contributed by atoms with Crippen molar-refractivity contribution in [3.05, 3.63) is 59.0 Å². The van der Waals surface area contributed by atoms with Crippen LogP contribution in [0.15, 0.2) is 47.9 Å². The molecule has 2 rings (SSSR count). The van der Waals surface area contributed by atoms with Gasteiger partial charge in [-0.3, -0.25) is 4.79 Å². The summed E-state index contributed by atoms with van der Waals surface area (Å²) < 4.78 is 24.2. The SMILES string of the molecule is COc1cc(/C=C/C(=O)N[S+]([O-])/C=C/c2ccc(O)c(OC)c2)ccc1O. The zero-order valence-electron chi connectivity index (χ0n) is 14.7. The molecule has 2 aromatic carbocycles. The molecule has 1 unspecified atom stereocenters. The number of nitrogens with one attached hydrogen (secondary N) is 1. The second kappa shape index (κ2) is 9.56. The molecule has 0 aromatic heterocycles. The van der Waals surface area contributed by atoms with E-state index in [1.807, 2.05) is 0 Å². The summed E-state index contributed by atoms with van der Waals surface area (Å²) in [6, 6.07) is 9.26. The van der Waals surface area contributed by atoms with Crippen molar-refractivity contribution in [2.75, 3.05) is 14.2 Å². The molecule has 0 aliphatic heterocycles. The number of amides is 1. The van der Waals surface area contributed by atoms with E-state index >= 15 is 0 Å². The van der Waals surface area contributed by atoms with Crippen molar-refractivity contribution >= 4 is 29.4 Å². The fourth-order valence-corrected chi connectivity index (χ4v) is 2.69. The van der Waals surface area contributed by atoms with E-state index in [1.54, 1.807) is 24.3 Å². The van der Waals surface area contributed by atoms with Gasteiger partial charge < -0.3 is 24.2 Å². The third kappa shape index (κ3) is 5.98. The lowest BCUT2D eigenvalue weighted by atomic mass is 10.2. The number of hydrogen-bond donors (Lipinski definition) is 3. The minimum absolute atomic E-state index is 0.0000682. The second-order valence-electron chi connectivity index (χ2n) is 5.26. The van der Waals surface area contributed by atoms with Crippen LogP contribution in [0, 0.1) is 0 Å². The number of benzene rings is 2. The van der Waals surface area contributed by atoms with E-state index < -0.39 is 17.3 Å². The number of carbonyl (C=O) groups excluding carboxylic acids is 1. The first-order valence-electron chi connectivity index (χ1n) is 7.74. The van der Waals surface area contributed by atoms with Crippen molar-refractivity contribution in [2.24, 2.45) is 0 Å². The predicted molar refractivity (Wildman–Crippen MR) is 104 cm³/mol. The van der Waals surface area contributed by atoms with Crippen LogP contribution in [0.3, 0.4) is 0 Å². The minimum Gasteiger partial charge on any atom is -0.588 e. The average Bonchev–Trinajstić information content (AvgIpc) is 2.66. The molecule has 0 saturated heterocycles. The van der Waals surface area contributed by atoms with Gasteiger partial charge in [-0.2, -0.15) is 4.72 Å². The molecule has 0 saturated carbocycles. The second-order valence-corrected chi connectivity index (χ2v) is 6.33.